The number of hydrogen-bond donors (Lipinski definition) is 0. The standard InChI is InChI=1S/C44H30O2/c1-45-31-16-13-29(14-17-31)41-37-20-18-32(46-2)26-39(37)38-24-23-35-33(28-11-7-4-8-12-28)21-22-36-34-19-15-30(27-9-5-3-6-10-27)25-40(34)44(41)43(38)42(35)36/h3-26H,1-2H3. The lowest BCUT2D eigenvalue weighted by Gasteiger charge is -2.22. The minimum atomic E-state index is 0.844. The molecule has 2 heteroatoms. The van der Waals surface area contributed by atoms with Crippen molar-refractivity contribution in [3.05, 3.63) is 146 Å². The van der Waals surface area contributed by atoms with Crippen molar-refractivity contribution >= 4 is 53.9 Å². The Labute approximate surface area is 267 Å². The summed E-state index contributed by atoms with van der Waals surface area (Å²) in [5.41, 5.74) is 7.26. The third-order valence-electron chi connectivity index (χ3n) is 9.62. The van der Waals surface area contributed by atoms with Gasteiger partial charge in [0.2, 0.25) is 0 Å². The maximum absolute atomic E-state index is 5.78. The molecule has 46 heavy (non-hydrogen) atoms. The van der Waals surface area contributed by atoms with Crippen LogP contribution in [0.2, 0.25) is 0 Å². The van der Waals surface area contributed by atoms with Gasteiger partial charge in [-0.1, -0.05) is 115 Å². The van der Waals surface area contributed by atoms with Crippen LogP contribution in [0.15, 0.2) is 146 Å². The molecule has 218 valence electrons. The minimum Gasteiger partial charge on any atom is -0.497 e. The van der Waals surface area contributed by atoms with Gasteiger partial charge in [-0.3, -0.25) is 0 Å². The quantitative estimate of drug-likeness (QED) is 0.147. The van der Waals surface area contributed by atoms with Gasteiger partial charge in [0.05, 0.1) is 14.2 Å². The molecule has 9 aromatic rings. The third kappa shape index (κ3) is 3.90. The summed E-state index contributed by atoms with van der Waals surface area (Å²) in [5, 5.41) is 12.5. The Morgan fingerprint density at radius 2 is 0.913 bits per heavy atom. The highest BCUT2D eigenvalue weighted by molar-refractivity contribution is 6.42. The van der Waals surface area contributed by atoms with Crippen molar-refractivity contribution in [3.8, 4) is 44.9 Å². The summed E-state index contributed by atoms with van der Waals surface area (Å²) in [6.45, 7) is 0. The molecular weight excluding hydrogens is 560 g/mol. The first-order valence-electron chi connectivity index (χ1n) is 15.7. The van der Waals surface area contributed by atoms with Crippen molar-refractivity contribution in [2.75, 3.05) is 14.2 Å². The molecule has 0 saturated carbocycles. The molecule has 0 saturated heterocycles. The van der Waals surface area contributed by atoms with Crippen LogP contribution in [0.5, 0.6) is 11.5 Å². The van der Waals surface area contributed by atoms with Crippen LogP contribution in [0.25, 0.3) is 87.2 Å². The summed E-state index contributed by atoms with van der Waals surface area (Å²) >= 11 is 0. The van der Waals surface area contributed by atoms with E-state index in [1.54, 1.807) is 14.2 Å². The van der Waals surface area contributed by atoms with E-state index in [4.69, 9.17) is 9.47 Å². The molecule has 9 aromatic carbocycles. The summed E-state index contributed by atoms with van der Waals surface area (Å²) in [5.74, 6) is 1.69. The van der Waals surface area contributed by atoms with E-state index in [9.17, 15) is 0 Å². The van der Waals surface area contributed by atoms with E-state index in [1.807, 2.05) is 0 Å². The third-order valence-corrected chi connectivity index (χ3v) is 9.62. The van der Waals surface area contributed by atoms with Gasteiger partial charge >= 0.3 is 0 Å². The fourth-order valence-electron chi connectivity index (χ4n) is 7.50. The molecule has 0 aliphatic rings. The van der Waals surface area contributed by atoms with E-state index >= 15 is 0 Å². The predicted molar refractivity (Wildman–Crippen MR) is 195 cm³/mol. The van der Waals surface area contributed by atoms with Gasteiger partial charge in [-0.2, -0.15) is 0 Å². The van der Waals surface area contributed by atoms with Crippen molar-refractivity contribution in [1.82, 2.24) is 0 Å². The fourth-order valence-corrected chi connectivity index (χ4v) is 7.50. The highest BCUT2D eigenvalue weighted by atomic mass is 16.5. The van der Waals surface area contributed by atoms with Crippen molar-refractivity contribution in [3.63, 3.8) is 0 Å². The Balaban J connectivity index is 1.55. The number of ether oxygens (including phenoxy) is 2. The molecular formula is C44H30O2. The van der Waals surface area contributed by atoms with E-state index < -0.39 is 0 Å². The van der Waals surface area contributed by atoms with Crippen LogP contribution in [-0.4, -0.2) is 14.2 Å². The van der Waals surface area contributed by atoms with Crippen molar-refractivity contribution in [2.45, 2.75) is 0 Å². The van der Waals surface area contributed by atoms with Gasteiger partial charge in [0.1, 0.15) is 11.5 Å². The number of benzene rings is 9. The molecule has 0 aliphatic carbocycles. The Kier molecular flexibility index (Phi) is 5.97. The Morgan fingerprint density at radius 3 is 1.65 bits per heavy atom. The first kappa shape index (κ1) is 26.5. The van der Waals surface area contributed by atoms with Crippen molar-refractivity contribution < 1.29 is 9.47 Å². The molecule has 0 bridgehead atoms. The minimum absolute atomic E-state index is 0.844. The zero-order valence-electron chi connectivity index (χ0n) is 25.7. The summed E-state index contributed by atoms with van der Waals surface area (Å²) in [4.78, 5) is 0. The zero-order valence-corrected chi connectivity index (χ0v) is 25.7. The predicted octanol–water partition coefficient (Wildman–Crippen LogP) is 11.9. The van der Waals surface area contributed by atoms with E-state index in [2.05, 4.69) is 146 Å². The van der Waals surface area contributed by atoms with E-state index in [1.165, 1.54) is 81.7 Å². The molecule has 0 aromatic heterocycles. The average Bonchev–Trinajstić information content (AvgIpc) is 3.14. The van der Waals surface area contributed by atoms with Crippen LogP contribution in [0, 0.1) is 0 Å². The molecule has 0 fully saturated rings. The number of rotatable bonds is 5. The van der Waals surface area contributed by atoms with Crippen molar-refractivity contribution in [1.29, 1.82) is 0 Å². The van der Waals surface area contributed by atoms with E-state index in [0.29, 0.717) is 0 Å². The van der Waals surface area contributed by atoms with Gasteiger partial charge in [-0.05, 0) is 118 Å². The largest absolute Gasteiger partial charge is 0.497 e. The topological polar surface area (TPSA) is 18.5 Å². The maximum Gasteiger partial charge on any atom is 0.119 e. The number of hydrogen-bond acceptors (Lipinski definition) is 2. The highest BCUT2D eigenvalue weighted by Crippen LogP contribution is 2.51. The second kappa shape index (κ2) is 10.4. The molecule has 9 rings (SSSR count). The highest BCUT2D eigenvalue weighted by Gasteiger charge is 2.22. The van der Waals surface area contributed by atoms with Crippen LogP contribution in [0.4, 0.5) is 0 Å². The van der Waals surface area contributed by atoms with Gasteiger partial charge < -0.3 is 9.47 Å². The molecule has 0 radical (unpaired) electrons. The number of fused-ring (bicyclic) bond motifs is 5. The molecule has 0 atom stereocenters. The van der Waals surface area contributed by atoms with Gasteiger partial charge in [0.15, 0.2) is 0 Å². The molecule has 0 aliphatic heterocycles. The van der Waals surface area contributed by atoms with Gasteiger partial charge in [-0.25, -0.2) is 0 Å². The van der Waals surface area contributed by atoms with Gasteiger partial charge in [0.25, 0.3) is 0 Å². The summed E-state index contributed by atoms with van der Waals surface area (Å²) in [6, 6.07) is 52.7. The molecule has 0 spiro atoms. The number of methoxy groups -OCH3 is 2. The van der Waals surface area contributed by atoms with Crippen LogP contribution in [0.1, 0.15) is 0 Å². The Bertz CT molecular complexity index is 2570. The van der Waals surface area contributed by atoms with Crippen molar-refractivity contribution in [2.24, 2.45) is 0 Å². The summed E-state index contributed by atoms with van der Waals surface area (Å²) in [6.07, 6.45) is 0. The fraction of sp³-hybridized carbons (Fsp3) is 0.0455. The molecule has 0 amide bonds. The molecule has 0 N–H and O–H groups in total. The van der Waals surface area contributed by atoms with Gasteiger partial charge in [0, 0.05) is 0 Å². The Morgan fingerprint density at radius 1 is 0.326 bits per heavy atom. The van der Waals surface area contributed by atoms with Crippen LogP contribution < -0.4 is 9.47 Å². The smallest absolute Gasteiger partial charge is 0.119 e. The lowest BCUT2D eigenvalue weighted by molar-refractivity contribution is 0.415. The zero-order chi connectivity index (χ0) is 30.8. The first-order chi connectivity index (χ1) is 22.7. The molecule has 2 nitrogen and oxygen atoms in total. The van der Waals surface area contributed by atoms with E-state index in [-0.39, 0.29) is 0 Å². The van der Waals surface area contributed by atoms with Crippen LogP contribution in [0.3, 0.4) is 0 Å². The van der Waals surface area contributed by atoms with Crippen LogP contribution >= 0.6 is 0 Å². The second-order valence-corrected chi connectivity index (χ2v) is 12.0. The van der Waals surface area contributed by atoms with Crippen LogP contribution in [-0.2, 0) is 0 Å². The average molecular weight is 591 g/mol. The SMILES string of the molecule is COc1ccc(-c2c3ccc(OC)cc3c3ccc4c(-c5ccccc5)ccc5c6ccc(-c7ccccc7)cc6c2c3c45)cc1. The second-order valence-electron chi connectivity index (χ2n) is 12.0. The summed E-state index contributed by atoms with van der Waals surface area (Å²) in [7, 11) is 3.46. The molecule has 0 unspecified atom stereocenters. The maximum atomic E-state index is 5.78. The van der Waals surface area contributed by atoms with E-state index in [0.717, 1.165) is 17.1 Å². The molecule has 0 heterocycles. The monoisotopic (exact) mass is 590 g/mol. The first-order valence-corrected chi connectivity index (χ1v) is 15.7. The normalized spacial score (nSPS) is 11.7. The lowest BCUT2D eigenvalue weighted by atomic mass is 9.81. The summed E-state index contributed by atoms with van der Waals surface area (Å²) < 4.78 is 11.4. The Hall–Kier alpha value is -5.86. The lowest BCUT2D eigenvalue weighted by Crippen LogP contribution is -1.95. The van der Waals surface area contributed by atoms with Gasteiger partial charge in [-0.15, -0.1) is 0 Å².